The fourth-order valence-corrected chi connectivity index (χ4v) is 9.62. The van der Waals surface area contributed by atoms with Gasteiger partial charge in [0.15, 0.2) is 0 Å². The van der Waals surface area contributed by atoms with Crippen LogP contribution in [0.4, 0.5) is 0 Å². The van der Waals surface area contributed by atoms with Gasteiger partial charge in [0, 0.05) is 39.0 Å². The van der Waals surface area contributed by atoms with Gasteiger partial charge in [-0.1, -0.05) is 42.5 Å². The Labute approximate surface area is 398 Å². The third kappa shape index (κ3) is 12.7. The van der Waals surface area contributed by atoms with E-state index >= 15 is 0 Å². The lowest BCUT2D eigenvalue weighted by molar-refractivity contribution is -0.147. The van der Waals surface area contributed by atoms with Gasteiger partial charge in [0.1, 0.15) is 54.1 Å². The van der Waals surface area contributed by atoms with E-state index < -0.39 is 114 Å². The second-order valence-corrected chi connectivity index (χ2v) is 17.9. The molecule has 4 aliphatic rings. The molecule has 0 spiro atoms. The molecule has 9 N–H and O–H groups in total. The summed E-state index contributed by atoms with van der Waals surface area (Å²) in [5, 5.41) is 39.7. The topological polar surface area (TPSA) is 318 Å². The largest absolute Gasteiger partial charge is 0.508 e. The summed E-state index contributed by atoms with van der Waals surface area (Å²) in [5.41, 5.74) is 6.73. The van der Waals surface area contributed by atoms with Gasteiger partial charge in [0.05, 0.1) is 13.0 Å². The van der Waals surface area contributed by atoms with E-state index in [9.17, 15) is 63.3 Å². The fourth-order valence-electron chi connectivity index (χ4n) is 9.62. The Morgan fingerprint density at radius 2 is 1.04 bits per heavy atom. The van der Waals surface area contributed by atoms with Crippen molar-refractivity contribution in [2.24, 2.45) is 5.73 Å². The summed E-state index contributed by atoms with van der Waals surface area (Å²) >= 11 is 0. The number of nitrogens with two attached hydrogens (primary N) is 1. The average molecular weight is 960 g/mol. The fraction of sp³-hybridized carbons (Fsp3) is 0.532. The number of benzene rings is 2. The molecule has 0 aromatic heterocycles. The maximum atomic E-state index is 14.4. The van der Waals surface area contributed by atoms with E-state index in [4.69, 9.17) is 5.73 Å². The lowest BCUT2D eigenvalue weighted by atomic mass is 10.0. The van der Waals surface area contributed by atoms with Crippen molar-refractivity contribution in [3.63, 3.8) is 0 Å². The molecule has 0 aliphatic carbocycles. The number of phenolic OH excluding ortho intramolecular Hbond substituents is 1. The molecule has 4 saturated heterocycles. The molecule has 2 aromatic carbocycles. The highest BCUT2D eigenvalue weighted by Gasteiger charge is 2.45. The van der Waals surface area contributed by atoms with Gasteiger partial charge in [0.2, 0.25) is 47.3 Å². The molecule has 8 amide bonds. The zero-order valence-electron chi connectivity index (χ0n) is 38.4. The third-order valence-corrected chi connectivity index (χ3v) is 13.2. The Balaban J connectivity index is 1.19. The number of carbonyl (C=O) groups is 10. The van der Waals surface area contributed by atoms with Crippen LogP contribution in [0.5, 0.6) is 5.75 Å². The predicted octanol–water partition coefficient (Wildman–Crippen LogP) is -1.38. The van der Waals surface area contributed by atoms with E-state index in [1.807, 2.05) is 0 Å². The molecule has 0 radical (unpaired) electrons. The molecule has 0 unspecified atom stereocenters. The van der Waals surface area contributed by atoms with Crippen LogP contribution in [0.1, 0.15) is 75.8 Å². The highest BCUT2D eigenvalue weighted by molar-refractivity contribution is 5.99. The molecular weight excluding hydrogens is 899 g/mol. The van der Waals surface area contributed by atoms with E-state index in [1.165, 1.54) is 45.9 Å². The average Bonchev–Trinajstić information content (AvgIpc) is 4.18. The lowest BCUT2D eigenvalue weighted by Gasteiger charge is -2.32. The molecule has 2 aromatic rings. The number of carbonyl (C=O) groups excluding carboxylic acids is 8. The maximum absolute atomic E-state index is 14.4. The number of likely N-dealkylation sites (tertiary alicyclic amines) is 4. The van der Waals surface area contributed by atoms with E-state index in [1.54, 1.807) is 30.3 Å². The first-order chi connectivity index (χ1) is 33.0. The molecule has 4 aliphatic heterocycles. The van der Waals surface area contributed by atoms with Crippen LogP contribution in [0.15, 0.2) is 54.6 Å². The van der Waals surface area contributed by atoms with Gasteiger partial charge in [-0.05, 0) is 81.5 Å². The van der Waals surface area contributed by atoms with Crippen LogP contribution >= 0.6 is 0 Å². The monoisotopic (exact) mass is 959 g/mol. The molecule has 4 heterocycles. The van der Waals surface area contributed by atoms with Gasteiger partial charge in [-0.15, -0.1) is 0 Å². The van der Waals surface area contributed by atoms with Crippen molar-refractivity contribution >= 4 is 59.2 Å². The Morgan fingerprint density at radius 1 is 0.580 bits per heavy atom. The number of hydrogen-bond acceptors (Lipinski definition) is 12. The van der Waals surface area contributed by atoms with E-state index in [0.29, 0.717) is 49.8 Å². The molecule has 0 bridgehead atoms. The summed E-state index contributed by atoms with van der Waals surface area (Å²) in [7, 11) is 0. The van der Waals surface area contributed by atoms with Crippen LogP contribution in [0.2, 0.25) is 0 Å². The van der Waals surface area contributed by atoms with Crippen molar-refractivity contribution in [3.8, 4) is 5.75 Å². The van der Waals surface area contributed by atoms with Gasteiger partial charge >= 0.3 is 11.9 Å². The van der Waals surface area contributed by atoms with Crippen molar-refractivity contribution in [2.75, 3.05) is 32.7 Å². The smallest absolute Gasteiger partial charge is 0.325 e. The van der Waals surface area contributed by atoms with E-state index in [-0.39, 0.29) is 64.0 Å². The number of carboxylic acids is 2. The van der Waals surface area contributed by atoms with Crippen molar-refractivity contribution in [3.05, 3.63) is 65.7 Å². The van der Waals surface area contributed by atoms with Gasteiger partial charge in [-0.3, -0.25) is 47.9 Å². The Kier molecular flexibility index (Phi) is 17.3. The summed E-state index contributed by atoms with van der Waals surface area (Å²) in [6, 6.07) is 4.87. The number of hydrogen-bond donors (Lipinski definition) is 8. The number of nitrogens with zero attached hydrogens (tertiary/aromatic N) is 4. The van der Waals surface area contributed by atoms with Crippen molar-refractivity contribution in [1.29, 1.82) is 0 Å². The Bertz CT molecular complexity index is 2260. The number of carboxylic acid groups (broad SMARTS) is 2. The number of aliphatic carboxylic acids is 2. The first kappa shape index (κ1) is 51.3. The second kappa shape index (κ2) is 23.3. The number of phenols is 1. The normalized spacial score (nSPS) is 21.7. The summed E-state index contributed by atoms with van der Waals surface area (Å²) in [6.07, 6.45) is 1.70. The number of rotatable bonds is 19. The molecule has 6 rings (SSSR count). The molecule has 22 nitrogen and oxygen atoms in total. The summed E-state index contributed by atoms with van der Waals surface area (Å²) < 4.78 is 0. The molecule has 4 fully saturated rings. The zero-order valence-corrected chi connectivity index (χ0v) is 38.4. The minimum atomic E-state index is -1.74. The minimum Gasteiger partial charge on any atom is -0.508 e. The van der Waals surface area contributed by atoms with E-state index in [2.05, 4.69) is 21.3 Å². The summed E-state index contributed by atoms with van der Waals surface area (Å²) in [5.74, 6) is -8.15. The SMILES string of the molecule is C[C@H](NC(=O)[C@@H]1CCCN1C(=O)[C@H](Cc1ccccc1)NC(=O)[C@@H]1CCCN1C(=O)[C@H](CC(=O)O)NC(=O)[C@H](Cc1ccc(O)cc1)NC(=O)[C@@H]1CCCN1C(=O)[C@@H]1CCCN1C(=O)CN)C(=O)O. The van der Waals surface area contributed by atoms with Gasteiger partial charge < -0.3 is 61.9 Å². The lowest BCUT2D eigenvalue weighted by Crippen LogP contribution is -2.60. The van der Waals surface area contributed by atoms with Gasteiger partial charge in [0.25, 0.3) is 0 Å². The second-order valence-electron chi connectivity index (χ2n) is 17.9. The number of amides is 8. The zero-order chi connectivity index (χ0) is 49.9. The standard InChI is InChI=1S/C47H61N9O13/c1-27(47(68)69)49-41(62)34-11-5-20-54(34)44(65)32(24-28-9-3-2-4-10-28)52-43(64)35-12-6-21-55(35)45(66)33(25-39(59)60)51-40(61)31(23-29-15-17-30(57)18-16-29)50-42(63)36-13-7-22-56(36)46(67)37-14-8-19-53(37)38(58)26-48/h2-4,9-10,15-18,27,31-37,57H,5-8,11-14,19-26,48H2,1H3,(H,49,62)(H,50,63)(H,51,61)(H,52,64)(H,59,60)(H,68,69)/t27-,31-,32-,33-,34-,35-,36-,37-/m0/s1. The third-order valence-electron chi connectivity index (χ3n) is 13.2. The first-order valence-corrected chi connectivity index (χ1v) is 23.4. The van der Waals surface area contributed by atoms with Crippen LogP contribution in [-0.2, 0) is 60.8 Å². The molecule has 69 heavy (non-hydrogen) atoms. The predicted molar refractivity (Wildman–Crippen MR) is 243 cm³/mol. The van der Waals surface area contributed by atoms with Crippen LogP contribution in [0.25, 0.3) is 0 Å². The Morgan fingerprint density at radius 3 is 1.59 bits per heavy atom. The maximum Gasteiger partial charge on any atom is 0.325 e. The van der Waals surface area contributed by atoms with Crippen LogP contribution in [0, 0.1) is 0 Å². The highest BCUT2D eigenvalue weighted by Crippen LogP contribution is 2.27. The molecule has 8 atom stereocenters. The minimum absolute atomic E-state index is 0.00591. The Hall–Kier alpha value is -7.10. The number of nitrogens with one attached hydrogen (secondary N) is 4. The number of aromatic hydroxyl groups is 1. The van der Waals surface area contributed by atoms with Crippen molar-refractivity contribution in [2.45, 2.75) is 126 Å². The molecule has 372 valence electrons. The molecule has 0 saturated carbocycles. The highest BCUT2D eigenvalue weighted by atomic mass is 16.4. The first-order valence-electron chi connectivity index (χ1n) is 23.4. The quantitative estimate of drug-likeness (QED) is 0.0805. The summed E-state index contributed by atoms with van der Waals surface area (Å²) in [6.45, 7) is 1.73. The van der Waals surface area contributed by atoms with Crippen LogP contribution in [0.3, 0.4) is 0 Å². The van der Waals surface area contributed by atoms with Crippen molar-refractivity contribution < 1.29 is 63.3 Å². The van der Waals surface area contributed by atoms with Crippen molar-refractivity contribution in [1.82, 2.24) is 40.9 Å². The molecular formula is C47H61N9O13. The van der Waals surface area contributed by atoms with E-state index in [0.717, 1.165) is 4.90 Å². The van der Waals surface area contributed by atoms with Crippen LogP contribution in [-0.4, -0.2) is 175 Å². The summed E-state index contributed by atoms with van der Waals surface area (Å²) in [4.78, 5) is 140. The molecule has 22 heteroatoms. The van der Waals surface area contributed by atoms with Gasteiger partial charge in [-0.25, -0.2) is 0 Å². The van der Waals surface area contributed by atoms with Crippen LogP contribution < -0.4 is 27.0 Å². The van der Waals surface area contributed by atoms with Gasteiger partial charge in [-0.2, -0.15) is 0 Å².